The molecule has 154 valence electrons. The number of nitrogens with zero attached hydrogens (tertiary/aromatic N) is 1. The summed E-state index contributed by atoms with van der Waals surface area (Å²) in [5, 5.41) is 0. The predicted octanol–water partition coefficient (Wildman–Crippen LogP) is 2.78. The standard InChI is InChI=1S/C20H22N2O6S/c1-26-18-12-14(5-7-16(18)22-9-3-2-4-20(22)23)21-29(24,25)15-6-8-17-19(13-15)28-11-10-27-17/h5-8,12-13,21H,2-4,9-11H2,1H3. The topological polar surface area (TPSA) is 94.2 Å². The van der Waals surface area contributed by atoms with Gasteiger partial charge in [-0.15, -0.1) is 0 Å². The van der Waals surface area contributed by atoms with E-state index in [-0.39, 0.29) is 10.8 Å². The van der Waals surface area contributed by atoms with Gasteiger partial charge in [-0.25, -0.2) is 8.42 Å². The molecule has 4 rings (SSSR count). The number of hydrogen-bond donors (Lipinski definition) is 1. The molecular formula is C20H22N2O6S. The Morgan fingerprint density at radius 3 is 2.59 bits per heavy atom. The Bertz CT molecular complexity index is 1040. The van der Waals surface area contributed by atoms with Gasteiger partial charge >= 0.3 is 0 Å². The van der Waals surface area contributed by atoms with Crippen LogP contribution in [0.3, 0.4) is 0 Å². The Morgan fingerprint density at radius 1 is 1.03 bits per heavy atom. The van der Waals surface area contributed by atoms with Gasteiger partial charge in [-0.2, -0.15) is 0 Å². The highest BCUT2D eigenvalue weighted by Crippen LogP contribution is 2.35. The molecule has 1 N–H and O–H groups in total. The Morgan fingerprint density at radius 2 is 1.83 bits per heavy atom. The molecule has 2 aromatic rings. The van der Waals surface area contributed by atoms with Crippen molar-refractivity contribution in [1.82, 2.24) is 0 Å². The van der Waals surface area contributed by atoms with Crippen molar-refractivity contribution in [1.29, 1.82) is 0 Å². The van der Waals surface area contributed by atoms with Crippen LogP contribution in [0.2, 0.25) is 0 Å². The number of anilines is 2. The van der Waals surface area contributed by atoms with Gasteiger partial charge in [0.05, 0.1) is 23.4 Å². The van der Waals surface area contributed by atoms with Crippen LogP contribution in [-0.2, 0) is 14.8 Å². The van der Waals surface area contributed by atoms with E-state index in [1.807, 2.05) is 0 Å². The summed E-state index contributed by atoms with van der Waals surface area (Å²) in [7, 11) is -2.35. The Balaban J connectivity index is 1.59. The molecule has 8 nitrogen and oxygen atoms in total. The molecule has 2 aliphatic heterocycles. The van der Waals surface area contributed by atoms with E-state index >= 15 is 0 Å². The molecule has 29 heavy (non-hydrogen) atoms. The number of fused-ring (bicyclic) bond motifs is 1. The van der Waals surface area contributed by atoms with Crippen LogP contribution in [0.1, 0.15) is 19.3 Å². The molecule has 0 saturated carbocycles. The summed E-state index contributed by atoms with van der Waals surface area (Å²) >= 11 is 0. The molecule has 2 aliphatic rings. The molecule has 0 aliphatic carbocycles. The number of sulfonamides is 1. The summed E-state index contributed by atoms with van der Waals surface area (Å²) in [5.74, 6) is 1.39. The minimum absolute atomic E-state index is 0.0409. The van der Waals surface area contributed by atoms with Crippen LogP contribution < -0.4 is 23.8 Å². The second-order valence-corrected chi connectivity index (χ2v) is 8.48. The number of amides is 1. The van der Waals surface area contributed by atoms with Crippen LogP contribution in [0.25, 0.3) is 0 Å². The third-order valence-corrected chi connectivity index (χ3v) is 6.25. The number of ether oxygens (including phenoxy) is 3. The lowest BCUT2D eigenvalue weighted by Crippen LogP contribution is -2.35. The van der Waals surface area contributed by atoms with Crippen molar-refractivity contribution in [3.63, 3.8) is 0 Å². The quantitative estimate of drug-likeness (QED) is 0.803. The molecule has 0 bridgehead atoms. The van der Waals surface area contributed by atoms with Gasteiger partial charge in [-0.1, -0.05) is 0 Å². The largest absolute Gasteiger partial charge is 0.494 e. The van der Waals surface area contributed by atoms with Crippen LogP contribution >= 0.6 is 0 Å². The molecule has 2 aromatic carbocycles. The highest BCUT2D eigenvalue weighted by molar-refractivity contribution is 7.92. The second-order valence-electron chi connectivity index (χ2n) is 6.80. The molecule has 1 fully saturated rings. The van der Waals surface area contributed by atoms with E-state index in [2.05, 4.69) is 4.72 Å². The number of benzene rings is 2. The van der Waals surface area contributed by atoms with E-state index in [0.717, 1.165) is 12.8 Å². The Hall–Kier alpha value is -2.94. The minimum Gasteiger partial charge on any atom is -0.494 e. The van der Waals surface area contributed by atoms with Crippen molar-refractivity contribution in [2.45, 2.75) is 24.2 Å². The molecule has 1 saturated heterocycles. The molecule has 9 heteroatoms. The van der Waals surface area contributed by atoms with Crippen molar-refractivity contribution in [2.24, 2.45) is 0 Å². The molecule has 0 radical (unpaired) electrons. The molecule has 0 atom stereocenters. The van der Waals surface area contributed by atoms with Crippen LogP contribution in [0, 0.1) is 0 Å². The van der Waals surface area contributed by atoms with E-state index in [0.29, 0.717) is 54.8 Å². The highest BCUT2D eigenvalue weighted by Gasteiger charge is 2.24. The molecule has 0 aromatic heterocycles. The number of methoxy groups -OCH3 is 1. The lowest BCUT2D eigenvalue weighted by atomic mass is 10.1. The van der Waals surface area contributed by atoms with Crippen LogP contribution in [0.4, 0.5) is 11.4 Å². The monoisotopic (exact) mass is 418 g/mol. The smallest absolute Gasteiger partial charge is 0.262 e. The summed E-state index contributed by atoms with van der Waals surface area (Å²) in [4.78, 5) is 14.0. The lowest BCUT2D eigenvalue weighted by Gasteiger charge is -2.28. The maximum atomic E-state index is 12.8. The maximum absolute atomic E-state index is 12.8. The first kappa shape index (κ1) is 19.4. The molecule has 2 heterocycles. The first-order chi connectivity index (χ1) is 14.0. The van der Waals surface area contributed by atoms with Gasteiger partial charge in [0.15, 0.2) is 11.5 Å². The fraction of sp³-hybridized carbons (Fsp3) is 0.350. The van der Waals surface area contributed by atoms with Crippen molar-refractivity contribution < 1.29 is 27.4 Å². The third-order valence-electron chi connectivity index (χ3n) is 4.87. The van der Waals surface area contributed by atoms with Gasteiger partial charge in [-0.3, -0.25) is 9.52 Å². The summed E-state index contributed by atoms with van der Waals surface area (Å²) in [5.41, 5.74) is 0.976. The fourth-order valence-corrected chi connectivity index (χ4v) is 4.49. The SMILES string of the molecule is COc1cc(NS(=O)(=O)c2ccc3c(c2)OCCO3)ccc1N1CCCCC1=O. The Labute approximate surface area is 169 Å². The summed E-state index contributed by atoms with van der Waals surface area (Å²) in [6.45, 7) is 1.43. The number of rotatable bonds is 5. The first-order valence-corrected chi connectivity index (χ1v) is 10.9. The van der Waals surface area contributed by atoms with Crippen LogP contribution in [0.15, 0.2) is 41.3 Å². The van der Waals surface area contributed by atoms with Crippen LogP contribution in [0.5, 0.6) is 17.2 Å². The normalized spacial score (nSPS) is 16.4. The first-order valence-electron chi connectivity index (χ1n) is 9.39. The van der Waals surface area contributed by atoms with E-state index < -0.39 is 10.0 Å². The second kappa shape index (κ2) is 7.82. The maximum Gasteiger partial charge on any atom is 0.262 e. The summed E-state index contributed by atoms with van der Waals surface area (Å²) in [6, 6.07) is 9.38. The molecule has 0 unspecified atom stereocenters. The zero-order chi connectivity index (χ0) is 20.4. The van der Waals surface area contributed by atoms with E-state index in [9.17, 15) is 13.2 Å². The molecular weight excluding hydrogens is 396 g/mol. The van der Waals surface area contributed by atoms with Crippen molar-refractivity contribution >= 4 is 27.3 Å². The van der Waals surface area contributed by atoms with E-state index in [1.165, 1.54) is 19.2 Å². The number of carbonyl (C=O) groups excluding carboxylic acids is 1. The number of hydrogen-bond acceptors (Lipinski definition) is 6. The third kappa shape index (κ3) is 3.95. The minimum atomic E-state index is -3.84. The number of carbonyl (C=O) groups is 1. The zero-order valence-electron chi connectivity index (χ0n) is 16.0. The van der Waals surface area contributed by atoms with Gasteiger partial charge in [0.1, 0.15) is 19.0 Å². The van der Waals surface area contributed by atoms with Crippen molar-refractivity contribution in [3.8, 4) is 17.2 Å². The number of nitrogens with one attached hydrogen (secondary N) is 1. The summed E-state index contributed by atoms with van der Waals surface area (Å²) < 4.78 is 44.5. The fourth-order valence-electron chi connectivity index (χ4n) is 3.43. The lowest BCUT2D eigenvalue weighted by molar-refractivity contribution is -0.119. The van der Waals surface area contributed by atoms with Crippen molar-refractivity contribution in [3.05, 3.63) is 36.4 Å². The molecule has 1 amide bonds. The average Bonchev–Trinajstić information content (AvgIpc) is 2.73. The van der Waals surface area contributed by atoms with Gasteiger partial charge in [0.2, 0.25) is 5.91 Å². The van der Waals surface area contributed by atoms with Gasteiger partial charge in [-0.05, 0) is 37.1 Å². The van der Waals surface area contributed by atoms with Gasteiger partial charge in [0.25, 0.3) is 10.0 Å². The van der Waals surface area contributed by atoms with Crippen LogP contribution in [-0.4, -0.2) is 41.2 Å². The molecule has 0 spiro atoms. The number of piperidine rings is 1. The van der Waals surface area contributed by atoms with E-state index in [1.54, 1.807) is 29.2 Å². The Kier molecular flexibility index (Phi) is 5.23. The highest BCUT2D eigenvalue weighted by atomic mass is 32.2. The van der Waals surface area contributed by atoms with E-state index in [4.69, 9.17) is 14.2 Å². The van der Waals surface area contributed by atoms with Gasteiger partial charge in [0, 0.05) is 25.1 Å². The average molecular weight is 418 g/mol. The summed E-state index contributed by atoms with van der Waals surface area (Å²) in [6.07, 6.45) is 2.31. The predicted molar refractivity (Wildman–Crippen MR) is 107 cm³/mol. The van der Waals surface area contributed by atoms with Crippen molar-refractivity contribution in [2.75, 3.05) is 36.5 Å². The van der Waals surface area contributed by atoms with Gasteiger partial charge < -0.3 is 19.1 Å². The zero-order valence-corrected chi connectivity index (χ0v) is 16.8.